The van der Waals surface area contributed by atoms with E-state index in [0.717, 1.165) is 25.0 Å². The average molecular weight is 530 g/mol. The molecule has 0 fully saturated rings. The Morgan fingerprint density at radius 1 is 0.967 bits per heavy atom. The molecule has 0 unspecified atom stereocenters. The maximum absolute atomic E-state index is 13.7. The Morgan fingerprint density at radius 3 is 2.17 bits per heavy atom. The number of carbonyl (C=O) groups excluding carboxylic acids is 2. The van der Waals surface area contributed by atoms with Gasteiger partial charge < -0.3 is 9.47 Å². The number of esters is 2. The van der Waals surface area contributed by atoms with E-state index in [9.17, 15) is 22.8 Å². The average Bonchev–Trinajstić information content (AvgIpc) is 3.12. The van der Waals surface area contributed by atoms with E-state index in [1.807, 2.05) is 0 Å². The van der Waals surface area contributed by atoms with Gasteiger partial charge in [0.15, 0.2) is 5.69 Å². The standard InChI is InChI=1S/C20H14F3IN2O4/c1-29-18(27)15-16(14-12(20(21,22)23)9-6-10-13(14)24)25-26(17(15)19(28)30-2)11-7-4-3-5-8-11/h3-10H,1-2H3. The van der Waals surface area contributed by atoms with Gasteiger partial charge in [0.25, 0.3) is 0 Å². The number of hydrogen-bond acceptors (Lipinski definition) is 5. The van der Waals surface area contributed by atoms with Crippen LogP contribution < -0.4 is 0 Å². The second kappa shape index (κ2) is 8.46. The quantitative estimate of drug-likeness (QED) is 0.360. The lowest BCUT2D eigenvalue weighted by atomic mass is 10.00. The molecule has 1 heterocycles. The van der Waals surface area contributed by atoms with Crippen molar-refractivity contribution < 1.29 is 32.2 Å². The van der Waals surface area contributed by atoms with Crippen LogP contribution in [0.4, 0.5) is 13.2 Å². The van der Waals surface area contributed by atoms with Crippen LogP contribution in [0.2, 0.25) is 0 Å². The van der Waals surface area contributed by atoms with Gasteiger partial charge >= 0.3 is 18.1 Å². The number of nitrogens with zero attached hydrogens (tertiary/aromatic N) is 2. The van der Waals surface area contributed by atoms with Crippen molar-refractivity contribution >= 4 is 34.5 Å². The van der Waals surface area contributed by atoms with Gasteiger partial charge in [-0.15, -0.1) is 0 Å². The Morgan fingerprint density at radius 2 is 1.60 bits per heavy atom. The summed E-state index contributed by atoms with van der Waals surface area (Å²) in [5, 5.41) is 4.23. The van der Waals surface area contributed by atoms with Crippen molar-refractivity contribution in [3.8, 4) is 16.9 Å². The molecule has 0 aliphatic carbocycles. The van der Waals surface area contributed by atoms with Gasteiger partial charge in [0.1, 0.15) is 11.3 Å². The van der Waals surface area contributed by atoms with E-state index in [2.05, 4.69) is 5.10 Å². The van der Waals surface area contributed by atoms with Crippen molar-refractivity contribution in [2.45, 2.75) is 6.18 Å². The van der Waals surface area contributed by atoms with Gasteiger partial charge in [0, 0.05) is 9.13 Å². The summed E-state index contributed by atoms with van der Waals surface area (Å²) in [7, 11) is 2.16. The number of ether oxygens (including phenoxy) is 2. The first-order valence-corrected chi connectivity index (χ1v) is 9.49. The molecule has 0 aliphatic heterocycles. The van der Waals surface area contributed by atoms with Crippen molar-refractivity contribution in [3.63, 3.8) is 0 Å². The number of halogens is 4. The SMILES string of the molecule is COC(=O)c1c(-c2c(I)cccc2C(F)(F)F)nn(-c2ccccc2)c1C(=O)OC. The summed E-state index contributed by atoms with van der Waals surface area (Å²) >= 11 is 1.73. The highest BCUT2D eigenvalue weighted by Crippen LogP contribution is 2.41. The lowest BCUT2D eigenvalue weighted by molar-refractivity contribution is -0.137. The number of carbonyl (C=O) groups is 2. The Balaban J connectivity index is 2.47. The fourth-order valence-electron chi connectivity index (χ4n) is 2.93. The lowest BCUT2D eigenvalue weighted by Crippen LogP contribution is -2.15. The molecule has 0 saturated heterocycles. The van der Waals surface area contributed by atoms with Gasteiger partial charge in [-0.3, -0.25) is 0 Å². The molecule has 3 rings (SSSR count). The number of alkyl halides is 3. The summed E-state index contributed by atoms with van der Waals surface area (Å²) in [6.45, 7) is 0. The zero-order valence-electron chi connectivity index (χ0n) is 15.7. The van der Waals surface area contributed by atoms with Gasteiger partial charge in [0.2, 0.25) is 0 Å². The van der Waals surface area contributed by atoms with Crippen LogP contribution >= 0.6 is 22.6 Å². The van der Waals surface area contributed by atoms with E-state index in [0.29, 0.717) is 5.69 Å². The molecule has 0 saturated carbocycles. The number of benzene rings is 2. The van der Waals surface area contributed by atoms with Crippen LogP contribution in [-0.2, 0) is 15.7 Å². The first-order chi connectivity index (χ1) is 14.2. The van der Waals surface area contributed by atoms with Crippen LogP contribution in [0.5, 0.6) is 0 Å². The third-order valence-corrected chi connectivity index (χ3v) is 5.11. The molecule has 156 valence electrons. The molecule has 2 aromatic carbocycles. The van der Waals surface area contributed by atoms with E-state index < -0.39 is 29.2 Å². The molecular formula is C20H14F3IN2O4. The van der Waals surface area contributed by atoms with Crippen molar-refractivity contribution in [2.75, 3.05) is 14.2 Å². The monoisotopic (exact) mass is 530 g/mol. The minimum Gasteiger partial charge on any atom is -0.465 e. The largest absolute Gasteiger partial charge is 0.465 e. The van der Waals surface area contributed by atoms with Crippen molar-refractivity contribution in [1.29, 1.82) is 0 Å². The highest BCUT2D eigenvalue weighted by molar-refractivity contribution is 14.1. The van der Waals surface area contributed by atoms with Crippen LogP contribution in [0.1, 0.15) is 26.4 Å². The molecule has 0 radical (unpaired) electrons. The van der Waals surface area contributed by atoms with Crippen LogP contribution in [-0.4, -0.2) is 35.9 Å². The van der Waals surface area contributed by atoms with E-state index in [4.69, 9.17) is 9.47 Å². The van der Waals surface area contributed by atoms with E-state index in [-0.39, 0.29) is 20.5 Å². The fourth-order valence-corrected chi connectivity index (χ4v) is 3.68. The zero-order chi connectivity index (χ0) is 22.1. The van der Waals surface area contributed by atoms with Gasteiger partial charge in [0.05, 0.1) is 25.5 Å². The molecule has 0 spiro atoms. The molecule has 10 heteroatoms. The van der Waals surface area contributed by atoms with E-state index >= 15 is 0 Å². The van der Waals surface area contributed by atoms with Gasteiger partial charge in [-0.25, -0.2) is 14.3 Å². The number of para-hydroxylation sites is 1. The van der Waals surface area contributed by atoms with Crippen LogP contribution in [0, 0.1) is 3.57 Å². The van der Waals surface area contributed by atoms with Crippen molar-refractivity contribution in [3.05, 3.63) is 68.9 Å². The first kappa shape index (κ1) is 21.8. The summed E-state index contributed by atoms with van der Waals surface area (Å²) in [4.78, 5) is 25.1. The zero-order valence-corrected chi connectivity index (χ0v) is 17.8. The fraction of sp³-hybridized carbons (Fsp3) is 0.150. The summed E-state index contributed by atoms with van der Waals surface area (Å²) in [5.74, 6) is -1.96. The Bertz CT molecular complexity index is 1110. The van der Waals surface area contributed by atoms with E-state index in [1.165, 1.54) is 12.1 Å². The summed E-state index contributed by atoms with van der Waals surface area (Å²) in [6.07, 6.45) is -4.72. The maximum Gasteiger partial charge on any atom is 0.417 e. The topological polar surface area (TPSA) is 70.4 Å². The van der Waals surface area contributed by atoms with Crippen molar-refractivity contribution in [1.82, 2.24) is 9.78 Å². The molecule has 0 amide bonds. The predicted octanol–water partition coefficient (Wildman–Crippen LogP) is 4.74. The highest BCUT2D eigenvalue weighted by Gasteiger charge is 2.39. The van der Waals surface area contributed by atoms with E-state index in [1.54, 1.807) is 52.9 Å². The maximum atomic E-state index is 13.7. The van der Waals surface area contributed by atoms with Crippen LogP contribution in [0.25, 0.3) is 16.9 Å². The summed E-state index contributed by atoms with van der Waals surface area (Å²) in [6, 6.07) is 11.8. The highest BCUT2D eigenvalue weighted by atomic mass is 127. The minimum absolute atomic E-state index is 0.196. The molecule has 0 atom stereocenters. The third kappa shape index (κ3) is 3.91. The normalized spacial score (nSPS) is 11.3. The van der Waals surface area contributed by atoms with Gasteiger partial charge in [-0.2, -0.15) is 18.3 Å². The molecule has 30 heavy (non-hydrogen) atoms. The lowest BCUT2D eigenvalue weighted by Gasteiger charge is -2.14. The first-order valence-electron chi connectivity index (χ1n) is 8.41. The molecule has 1 aromatic heterocycles. The second-order valence-electron chi connectivity index (χ2n) is 5.96. The number of rotatable bonds is 4. The summed E-state index contributed by atoms with van der Waals surface area (Å²) in [5.41, 5.74) is -2.04. The molecule has 0 N–H and O–H groups in total. The Kier molecular flexibility index (Phi) is 6.15. The molecular weight excluding hydrogens is 516 g/mol. The molecule has 3 aromatic rings. The van der Waals surface area contributed by atoms with Crippen LogP contribution in [0.3, 0.4) is 0 Å². The Labute approximate surface area is 182 Å². The van der Waals surface area contributed by atoms with Crippen LogP contribution in [0.15, 0.2) is 48.5 Å². The summed E-state index contributed by atoms with van der Waals surface area (Å²) < 4.78 is 52.0. The molecule has 0 aliphatic rings. The number of methoxy groups -OCH3 is 2. The smallest absolute Gasteiger partial charge is 0.417 e. The number of aromatic nitrogens is 2. The van der Waals surface area contributed by atoms with Crippen molar-refractivity contribution in [2.24, 2.45) is 0 Å². The molecule has 0 bridgehead atoms. The predicted molar refractivity (Wildman–Crippen MR) is 109 cm³/mol. The van der Waals surface area contributed by atoms with Gasteiger partial charge in [-0.05, 0) is 46.9 Å². The number of hydrogen-bond donors (Lipinski definition) is 0. The minimum atomic E-state index is -4.72. The second-order valence-corrected chi connectivity index (χ2v) is 7.13. The van der Waals surface area contributed by atoms with Gasteiger partial charge in [-0.1, -0.05) is 24.3 Å². The third-order valence-electron chi connectivity index (χ3n) is 4.21. The Hall–Kier alpha value is -2.89. The molecule has 6 nitrogen and oxygen atoms in total.